The van der Waals surface area contributed by atoms with E-state index in [0.717, 1.165) is 0 Å². The molecule has 0 aromatic carbocycles. The molecule has 3 heterocycles. The van der Waals surface area contributed by atoms with Crippen LogP contribution in [0.1, 0.15) is 84.1 Å². The second kappa shape index (κ2) is 11.2. The minimum absolute atomic E-state index is 0.0584. The number of aliphatic hydroxyl groups is 1. The Labute approximate surface area is 211 Å². The summed E-state index contributed by atoms with van der Waals surface area (Å²) in [5, 5.41) is 25.2. The first kappa shape index (κ1) is 26.7. The zero-order valence-corrected chi connectivity index (χ0v) is 21.8. The predicted molar refractivity (Wildman–Crippen MR) is 131 cm³/mol. The highest BCUT2D eigenvalue weighted by molar-refractivity contribution is 7.10. The normalized spacial score (nSPS) is 25.1. The molecule has 13 heteroatoms. The Kier molecular flexibility index (Phi) is 8.56. The third-order valence-corrected chi connectivity index (χ3v) is 7.40. The van der Waals surface area contributed by atoms with Crippen molar-refractivity contribution in [1.29, 1.82) is 0 Å². The molecule has 1 aliphatic heterocycles. The average Bonchev–Trinajstić information content (AvgIpc) is 3.45. The monoisotopic (exact) mass is 522 g/mol. The number of hydrogen-bond acceptors (Lipinski definition) is 9. The van der Waals surface area contributed by atoms with Gasteiger partial charge in [-0.15, -0.1) is 22.7 Å². The number of thiazole rings is 2. The number of aliphatic hydroxyl groups excluding tert-OH is 1. The number of rotatable bonds is 3. The quantitative estimate of drug-likeness (QED) is 0.406. The summed E-state index contributed by atoms with van der Waals surface area (Å²) in [6.45, 7) is 8.64. The lowest BCUT2D eigenvalue weighted by atomic mass is 10.0. The van der Waals surface area contributed by atoms with Crippen molar-refractivity contribution in [2.75, 3.05) is 0 Å². The van der Waals surface area contributed by atoms with Crippen LogP contribution in [0.3, 0.4) is 0 Å². The van der Waals surface area contributed by atoms with Gasteiger partial charge in [0.05, 0.1) is 18.2 Å². The molecule has 35 heavy (non-hydrogen) atoms. The van der Waals surface area contributed by atoms with Crippen LogP contribution in [-0.4, -0.2) is 56.9 Å². The van der Waals surface area contributed by atoms with E-state index in [1.54, 1.807) is 24.6 Å². The topological polar surface area (TPSA) is 162 Å². The van der Waals surface area contributed by atoms with Crippen molar-refractivity contribution in [2.45, 2.75) is 71.3 Å². The van der Waals surface area contributed by atoms with Crippen LogP contribution in [0.2, 0.25) is 0 Å². The lowest BCUT2D eigenvalue weighted by molar-refractivity contribution is -0.133. The Bertz CT molecular complexity index is 1100. The van der Waals surface area contributed by atoms with Crippen molar-refractivity contribution in [2.24, 2.45) is 5.92 Å². The fraction of sp³-hybridized carbons (Fsp3) is 0.545. The number of nitrogens with one attached hydrogen (secondary N) is 4. The zero-order chi connectivity index (χ0) is 25.9. The molecule has 5 N–H and O–H groups in total. The number of hydrogen-bond donors (Lipinski definition) is 5. The molecule has 0 saturated carbocycles. The highest BCUT2D eigenvalue weighted by Gasteiger charge is 2.32. The fourth-order valence-corrected chi connectivity index (χ4v) is 5.09. The number of fused-ring (bicyclic) bond motifs is 4. The third kappa shape index (κ3) is 6.61. The summed E-state index contributed by atoms with van der Waals surface area (Å²) in [4.78, 5) is 60.2. The van der Waals surface area contributed by atoms with Crippen LogP contribution in [0, 0.1) is 5.92 Å². The van der Waals surface area contributed by atoms with Gasteiger partial charge >= 0.3 is 0 Å². The highest BCUT2D eigenvalue weighted by atomic mass is 32.1. The van der Waals surface area contributed by atoms with Crippen molar-refractivity contribution in [3.05, 3.63) is 32.2 Å². The summed E-state index contributed by atoms with van der Waals surface area (Å²) in [6, 6.07) is -3.26. The Morgan fingerprint density at radius 3 is 1.86 bits per heavy atom. The van der Waals surface area contributed by atoms with Gasteiger partial charge in [-0.05, 0) is 33.1 Å². The van der Waals surface area contributed by atoms with E-state index >= 15 is 0 Å². The molecule has 0 unspecified atom stereocenters. The number of aromatic nitrogens is 2. The van der Waals surface area contributed by atoms with E-state index in [4.69, 9.17) is 0 Å². The van der Waals surface area contributed by atoms with Crippen molar-refractivity contribution in [1.82, 2.24) is 31.2 Å². The zero-order valence-electron chi connectivity index (χ0n) is 20.1. The summed E-state index contributed by atoms with van der Waals surface area (Å²) < 4.78 is 0. The first-order valence-electron chi connectivity index (χ1n) is 11.3. The van der Waals surface area contributed by atoms with Crippen LogP contribution >= 0.6 is 22.7 Å². The minimum Gasteiger partial charge on any atom is -0.391 e. The van der Waals surface area contributed by atoms with E-state index in [1.807, 2.05) is 13.8 Å². The van der Waals surface area contributed by atoms with E-state index in [0.29, 0.717) is 16.4 Å². The lowest BCUT2D eigenvalue weighted by Gasteiger charge is -2.26. The van der Waals surface area contributed by atoms with Gasteiger partial charge < -0.3 is 26.4 Å². The van der Waals surface area contributed by atoms with E-state index in [2.05, 4.69) is 31.2 Å². The van der Waals surface area contributed by atoms with E-state index in [-0.39, 0.29) is 17.3 Å². The Morgan fingerprint density at radius 2 is 1.34 bits per heavy atom. The van der Waals surface area contributed by atoms with Crippen molar-refractivity contribution >= 4 is 46.3 Å². The molecule has 0 fully saturated rings. The molecule has 1 aliphatic rings. The summed E-state index contributed by atoms with van der Waals surface area (Å²) in [7, 11) is 0. The molecule has 11 nitrogen and oxygen atoms in total. The second-order valence-corrected chi connectivity index (χ2v) is 10.7. The maximum Gasteiger partial charge on any atom is 0.271 e. The fourth-order valence-electron chi connectivity index (χ4n) is 3.47. The largest absolute Gasteiger partial charge is 0.391 e. The number of nitrogens with zero attached hydrogens (tertiary/aromatic N) is 2. The van der Waals surface area contributed by atoms with E-state index in [9.17, 15) is 24.3 Å². The molecule has 0 spiro atoms. The Balaban J connectivity index is 1.97. The molecule has 4 bridgehead atoms. The Hall–Kier alpha value is -2.90. The molecule has 190 valence electrons. The van der Waals surface area contributed by atoms with Crippen LogP contribution in [-0.2, 0) is 9.59 Å². The van der Waals surface area contributed by atoms with Crippen molar-refractivity contribution in [3.63, 3.8) is 0 Å². The summed E-state index contributed by atoms with van der Waals surface area (Å²) in [5.41, 5.74) is 0.300. The maximum absolute atomic E-state index is 13.1. The molecule has 4 amide bonds. The van der Waals surface area contributed by atoms with Crippen molar-refractivity contribution < 1.29 is 24.3 Å². The van der Waals surface area contributed by atoms with E-state index in [1.165, 1.54) is 29.6 Å². The first-order chi connectivity index (χ1) is 16.5. The van der Waals surface area contributed by atoms with Crippen LogP contribution in [0.4, 0.5) is 0 Å². The maximum atomic E-state index is 13.1. The SMILES string of the molecule is CC(C)C[C@@H]1NC(=O)c2csc(n2)[C@@H](C)NC(=O)c2csc(n2)[C@H](C)NC(=O)[C@H]([C@@H](C)O)NC1=O. The number of carbonyl (C=O) groups excluding carboxylic acids is 4. The van der Waals surface area contributed by atoms with Gasteiger partial charge in [0.2, 0.25) is 11.8 Å². The van der Waals surface area contributed by atoms with Gasteiger partial charge in [0.1, 0.15) is 33.5 Å². The van der Waals surface area contributed by atoms with Gasteiger partial charge in [0.25, 0.3) is 11.8 Å². The van der Waals surface area contributed by atoms with E-state index < -0.39 is 53.9 Å². The molecule has 0 radical (unpaired) electrons. The van der Waals surface area contributed by atoms with Gasteiger partial charge in [-0.3, -0.25) is 19.2 Å². The van der Waals surface area contributed by atoms with Gasteiger partial charge in [-0.2, -0.15) is 0 Å². The molecule has 3 rings (SSSR count). The van der Waals surface area contributed by atoms with Crippen LogP contribution in [0.25, 0.3) is 0 Å². The summed E-state index contributed by atoms with van der Waals surface area (Å²) in [5.74, 6) is -2.11. The molecular formula is C22H30N6O5S2. The average molecular weight is 523 g/mol. The smallest absolute Gasteiger partial charge is 0.271 e. The lowest BCUT2D eigenvalue weighted by Crippen LogP contribution is -2.57. The second-order valence-electron chi connectivity index (χ2n) is 8.95. The van der Waals surface area contributed by atoms with Crippen LogP contribution in [0.15, 0.2) is 10.8 Å². The number of carbonyl (C=O) groups is 4. The standard InChI is InChI=1S/C22H30N6O5S2/c1-9(2)6-13-17(30)28-16(12(5)29)20(33)24-11(4)22-26-14(7-34-22)18(31)23-10(3)21-27-15(8-35-21)19(32)25-13/h7-13,16,29H,6H2,1-5H3,(H,23,31)(H,24,33)(H,25,32)(H,28,30)/t10-,11+,12-,13+,16+/m1/s1. The van der Waals surface area contributed by atoms with Crippen molar-refractivity contribution in [3.8, 4) is 0 Å². The molecule has 5 atom stereocenters. The number of amides is 4. The summed E-state index contributed by atoms with van der Waals surface area (Å²) in [6.07, 6.45) is -0.889. The first-order valence-corrected chi connectivity index (χ1v) is 13.0. The molecular weight excluding hydrogens is 492 g/mol. The molecule has 0 saturated heterocycles. The third-order valence-electron chi connectivity index (χ3n) is 5.35. The van der Waals surface area contributed by atoms with Gasteiger partial charge in [0.15, 0.2) is 0 Å². The predicted octanol–water partition coefficient (Wildman–Crippen LogP) is 1.29. The highest BCUT2D eigenvalue weighted by Crippen LogP contribution is 2.22. The summed E-state index contributed by atoms with van der Waals surface area (Å²) >= 11 is 2.42. The molecule has 2 aromatic heterocycles. The Morgan fingerprint density at radius 1 is 0.829 bits per heavy atom. The molecule has 2 aromatic rings. The molecule has 0 aliphatic carbocycles. The van der Waals surface area contributed by atoms with Gasteiger partial charge in [-0.25, -0.2) is 9.97 Å². The van der Waals surface area contributed by atoms with Crippen LogP contribution < -0.4 is 21.3 Å². The van der Waals surface area contributed by atoms with Gasteiger partial charge in [-0.1, -0.05) is 13.8 Å². The minimum atomic E-state index is -1.26. The van der Waals surface area contributed by atoms with Gasteiger partial charge in [0, 0.05) is 10.8 Å². The van der Waals surface area contributed by atoms with Crippen LogP contribution in [0.5, 0.6) is 0 Å².